The lowest BCUT2D eigenvalue weighted by molar-refractivity contribution is 0.00276. The molecule has 0 fully saturated rings. The lowest BCUT2D eigenvalue weighted by Gasteiger charge is -2.17. The van der Waals surface area contributed by atoms with Gasteiger partial charge in [0.05, 0.1) is 0 Å². The van der Waals surface area contributed by atoms with Crippen molar-refractivity contribution in [2.24, 2.45) is 0 Å². The lowest BCUT2D eigenvalue weighted by atomic mass is 10.0. The Kier molecular flexibility index (Phi) is 5.04. The number of ether oxygens (including phenoxy) is 1. The van der Waals surface area contributed by atoms with Crippen LogP contribution in [0.25, 0.3) is 22.6 Å². The zero-order valence-corrected chi connectivity index (χ0v) is 15.8. The quantitative estimate of drug-likeness (QED) is 0.496. The summed E-state index contributed by atoms with van der Waals surface area (Å²) in [6, 6.07) is 5.56. The van der Waals surface area contributed by atoms with Crippen LogP contribution < -0.4 is 0 Å². The molecule has 3 aromatic rings. The van der Waals surface area contributed by atoms with E-state index in [1.165, 1.54) is 24.4 Å². The van der Waals surface area contributed by atoms with E-state index in [0.29, 0.717) is 17.5 Å². The molecular weight excluding hydrogens is 365 g/mol. The summed E-state index contributed by atoms with van der Waals surface area (Å²) in [4.78, 5) is 31.3. The minimum absolute atomic E-state index is 0.0641. The fourth-order valence-electron chi connectivity index (χ4n) is 2.48. The van der Waals surface area contributed by atoms with E-state index in [1.807, 2.05) is 0 Å². The molecule has 0 N–H and O–H groups in total. The van der Waals surface area contributed by atoms with Gasteiger partial charge in [-0.3, -0.25) is 4.79 Å². The molecule has 0 saturated heterocycles. The van der Waals surface area contributed by atoms with Gasteiger partial charge in [-0.2, -0.15) is 0 Å². The van der Waals surface area contributed by atoms with E-state index in [-0.39, 0.29) is 28.4 Å². The molecule has 2 aromatic heterocycles. The number of halogens is 1. The van der Waals surface area contributed by atoms with E-state index in [1.54, 1.807) is 27.7 Å². The van der Waals surface area contributed by atoms with Crippen LogP contribution in [0.3, 0.4) is 0 Å². The van der Waals surface area contributed by atoms with E-state index in [4.69, 9.17) is 9.26 Å². The van der Waals surface area contributed by atoms with Crippen molar-refractivity contribution in [3.05, 3.63) is 53.3 Å². The number of aryl methyl sites for hydroxylation is 1. The zero-order chi connectivity index (χ0) is 20.5. The maximum atomic E-state index is 14.3. The summed E-state index contributed by atoms with van der Waals surface area (Å²) in [5, 5.41) is 3.81. The number of carbonyl (C=O) groups is 2. The minimum Gasteiger partial charge on any atom is -0.454 e. The van der Waals surface area contributed by atoms with E-state index in [2.05, 4.69) is 15.1 Å². The normalized spacial score (nSPS) is 11.3. The maximum Gasteiger partial charge on any atom is 0.377 e. The van der Waals surface area contributed by atoms with Crippen molar-refractivity contribution >= 4 is 12.3 Å². The smallest absolute Gasteiger partial charge is 0.377 e. The van der Waals surface area contributed by atoms with Gasteiger partial charge in [0.15, 0.2) is 11.5 Å². The Morgan fingerprint density at radius 3 is 2.57 bits per heavy atom. The lowest BCUT2D eigenvalue weighted by Crippen LogP contribution is -2.23. The first kappa shape index (κ1) is 19.3. The van der Waals surface area contributed by atoms with E-state index in [0.717, 1.165) is 6.07 Å². The number of hydrogen-bond donors (Lipinski definition) is 0. The predicted octanol–water partition coefficient (Wildman–Crippen LogP) is 4.01. The molecule has 0 bridgehead atoms. The van der Waals surface area contributed by atoms with Crippen LogP contribution >= 0.6 is 0 Å². The van der Waals surface area contributed by atoms with Crippen LogP contribution in [0, 0.1) is 12.7 Å². The van der Waals surface area contributed by atoms with Gasteiger partial charge in [0, 0.05) is 34.6 Å². The summed E-state index contributed by atoms with van der Waals surface area (Å²) in [5.74, 6) is -1.02. The van der Waals surface area contributed by atoms with Crippen LogP contribution in [0.1, 0.15) is 47.4 Å². The molecule has 0 aliphatic heterocycles. The Morgan fingerprint density at radius 2 is 1.96 bits per heavy atom. The standard InChI is InChI=1S/C20H18FN3O4/c1-11-14(13-6-5-12(10-25)7-15(13)21)9-22-18(23-11)16-8-17(28-24-16)19(26)27-20(2,3)4/h5-10H,1-4H3. The number of aromatic nitrogens is 3. The summed E-state index contributed by atoms with van der Waals surface area (Å²) >= 11 is 0. The Morgan fingerprint density at radius 1 is 1.21 bits per heavy atom. The number of hydrogen-bond acceptors (Lipinski definition) is 7. The molecule has 0 amide bonds. The molecule has 0 spiro atoms. The third-order valence-corrected chi connectivity index (χ3v) is 3.74. The molecule has 0 radical (unpaired) electrons. The molecule has 0 unspecified atom stereocenters. The van der Waals surface area contributed by atoms with Gasteiger partial charge in [0.1, 0.15) is 17.7 Å². The third kappa shape index (κ3) is 4.11. The summed E-state index contributed by atoms with van der Waals surface area (Å²) in [6.07, 6.45) is 2.03. The molecule has 2 heterocycles. The van der Waals surface area contributed by atoms with E-state index >= 15 is 0 Å². The average Bonchev–Trinajstić information content (AvgIpc) is 3.11. The molecule has 3 rings (SSSR count). The fraction of sp³-hybridized carbons (Fsp3) is 0.250. The van der Waals surface area contributed by atoms with Gasteiger partial charge in [-0.1, -0.05) is 17.3 Å². The van der Waals surface area contributed by atoms with Crippen LogP contribution in [-0.2, 0) is 4.74 Å². The van der Waals surface area contributed by atoms with Crippen molar-refractivity contribution in [2.45, 2.75) is 33.3 Å². The summed E-state index contributed by atoms with van der Waals surface area (Å²) in [5.41, 5.74) is 1.10. The number of nitrogens with zero attached hydrogens (tertiary/aromatic N) is 3. The molecule has 28 heavy (non-hydrogen) atoms. The van der Waals surface area contributed by atoms with Crippen molar-refractivity contribution in [1.82, 2.24) is 15.1 Å². The first-order valence-electron chi connectivity index (χ1n) is 8.47. The number of carbonyl (C=O) groups excluding carboxylic acids is 2. The molecular formula is C20H18FN3O4. The van der Waals surface area contributed by atoms with Gasteiger partial charge in [-0.25, -0.2) is 19.2 Å². The van der Waals surface area contributed by atoms with Crippen molar-refractivity contribution in [2.75, 3.05) is 0 Å². The van der Waals surface area contributed by atoms with Crippen LogP contribution in [0.5, 0.6) is 0 Å². The van der Waals surface area contributed by atoms with Gasteiger partial charge < -0.3 is 9.26 Å². The molecule has 0 atom stereocenters. The topological polar surface area (TPSA) is 95.2 Å². The van der Waals surface area contributed by atoms with Crippen molar-refractivity contribution < 1.29 is 23.2 Å². The highest BCUT2D eigenvalue weighted by Crippen LogP contribution is 2.27. The average molecular weight is 383 g/mol. The Labute approximate surface area is 160 Å². The Bertz CT molecular complexity index is 1050. The second-order valence-electron chi connectivity index (χ2n) is 7.13. The molecule has 0 saturated carbocycles. The van der Waals surface area contributed by atoms with Crippen LogP contribution in [-0.4, -0.2) is 33.0 Å². The first-order chi connectivity index (χ1) is 13.2. The Hall–Kier alpha value is -3.42. The number of esters is 1. The van der Waals surface area contributed by atoms with Crippen LogP contribution in [0.15, 0.2) is 35.0 Å². The molecule has 1 aromatic carbocycles. The molecule has 0 aliphatic carbocycles. The SMILES string of the molecule is Cc1nc(-c2cc(C(=O)OC(C)(C)C)on2)ncc1-c1ccc(C=O)cc1F. The van der Waals surface area contributed by atoms with Gasteiger partial charge in [0.2, 0.25) is 5.76 Å². The second-order valence-corrected chi connectivity index (χ2v) is 7.13. The van der Waals surface area contributed by atoms with Crippen LogP contribution in [0.4, 0.5) is 4.39 Å². The highest BCUT2D eigenvalue weighted by atomic mass is 19.1. The third-order valence-electron chi connectivity index (χ3n) is 3.74. The van der Waals surface area contributed by atoms with Crippen molar-refractivity contribution in [3.8, 4) is 22.6 Å². The van der Waals surface area contributed by atoms with Gasteiger partial charge in [0.25, 0.3) is 0 Å². The molecule has 8 heteroatoms. The zero-order valence-electron chi connectivity index (χ0n) is 15.8. The summed E-state index contributed by atoms with van der Waals surface area (Å²) in [7, 11) is 0. The first-order valence-corrected chi connectivity index (χ1v) is 8.47. The highest BCUT2D eigenvalue weighted by molar-refractivity contribution is 5.87. The molecule has 144 valence electrons. The maximum absolute atomic E-state index is 14.3. The summed E-state index contributed by atoms with van der Waals surface area (Å²) in [6.45, 7) is 6.93. The molecule has 0 aliphatic rings. The summed E-state index contributed by atoms with van der Waals surface area (Å²) < 4.78 is 24.5. The van der Waals surface area contributed by atoms with Gasteiger partial charge in [-0.15, -0.1) is 0 Å². The fourth-order valence-corrected chi connectivity index (χ4v) is 2.48. The number of benzene rings is 1. The number of aldehydes is 1. The minimum atomic E-state index is -0.664. The Balaban J connectivity index is 1.89. The van der Waals surface area contributed by atoms with Crippen molar-refractivity contribution in [3.63, 3.8) is 0 Å². The van der Waals surface area contributed by atoms with E-state index < -0.39 is 17.4 Å². The highest BCUT2D eigenvalue weighted by Gasteiger charge is 2.23. The monoisotopic (exact) mass is 383 g/mol. The van der Waals surface area contributed by atoms with Crippen molar-refractivity contribution in [1.29, 1.82) is 0 Å². The van der Waals surface area contributed by atoms with Crippen LogP contribution in [0.2, 0.25) is 0 Å². The van der Waals surface area contributed by atoms with Gasteiger partial charge >= 0.3 is 5.97 Å². The van der Waals surface area contributed by atoms with E-state index in [9.17, 15) is 14.0 Å². The van der Waals surface area contributed by atoms with Gasteiger partial charge in [-0.05, 0) is 33.8 Å². The largest absolute Gasteiger partial charge is 0.454 e. The predicted molar refractivity (Wildman–Crippen MR) is 98.2 cm³/mol. The molecule has 7 nitrogen and oxygen atoms in total. The number of rotatable bonds is 4. The second kappa shape index (κ2) is 7.30.